The fraction of sp³-hybridized carbons (Fsp3) is 0.667. The largest absolute Gasteiger partial charge is 0.481 e. The molecule has 0 bridgehead atoms. The van der Waals surface area contributed by atoms with Crippen LogP contribution in [-0.4, -0.2) is 87.7 Å². The predicted molar refractivity (Wildman–Crippen MR) is 112 cm³/mol. The Kier molecular flexibility index (Phi) is 13.2. The summed E-state index contributed by atoms with van der Waals surface area (Å²) in [5.74, 6) is -6.87. The topological polar surface area (TPSA) is 277 Å². The Bertz CT molecular complexity index is 730. The second-order valence-corrected chi connectivity index (χ2v) is 7.35. The lowest BCUT2D eigenvalue weighted by molar-refractivity contribution is -0.145. The van der Waals surface area contributed by atoms with E-state index in [9.17, 15) is 33.9 Å². The van der Waals surface area contributed by atoms with Crippen LogP contribution in [0.3, 0.4) is 0 Å². The summed E-state index contributed by atoms with van der Waals surface area (Å²) in [6.45, 7) is 1.43. The second-order valence-electron chi connectivity index (χ2n) is 7.35. The van der Waals surface area contributed by atoms with Crippen LogP contribution in [-0.2, 0) is 28.8 Å². The van der Waals surface area contributed by atoms with E-state index in [0.29, 0.717) is 12.8 Å². The van der Waals surface area contributed by atoms with Crippen LogP contribution in [0.15, 0.2) is 0 Å². The number of carboxylic acids is 2. The minimum absolute atomic E-state index is 0.00977. The number of carbonyl (C=O) groups is 6. The highest BCUT2D eigenvalue weighted by molar-refractivity contribution is 5.96. The first-order chi connectivity index (χ1) is 15.3. The standard InChI is InChI=1S/C18H32N6O9/c1-8(25)14(18(32)33)24-16(30)10(4-2-3-5-19)22-17(31)11(7-13(27)28)23-15(29)9(20)6-12(21)26/h8-11,14,25H,2-7,19-20H2,1H3,(H2,21,26)(H,22,31)(H,23,29)(H,24,30)(H,27,28)(H,32,33). The van der Waals surface area contributed by atoms with Crippen molar-refractivity contribution in [1.82, 2.24) is 16.0 Å². The van der Waals surface area contributed by atoms with E-state index in [1.807, 2.05) is 0 Å². The summed E-state index contributed by atoms with van der Waals surface area (Å²) in [4.78, 5) is 70.6. The van der Waals surface area contributed by atoms with Gasteiger partial charge in [-0.3, -0.25) is 24.0 Å². The molecule has 0 radical (unpaired) electrons. The molecule has 0 aromatic carbocycles. The Morgan fingerprint density at radius 2 is 1.39 bits per heavy atom. The molecule has 0 rings (SSSR count). The number of aliphatic hydroxyl groups excluding tert-OH is 1. The van der Waals surface area contributed by atoms with E-state index < -0.39 is 78.7 Å². The van der Waals surface area contributed by atoms with Crippen molar-refractivity contribution in [3.63, 3.8) is 0 Å². The predicted octanol–water partition coefficient (Wildman–Crippen LogP) is -4.29. The lowest BCUT2D eigenvalue weighted by atomic mass is 10.1. The lowest BCUT2D eigenvalue weighted by Gasteiger charge is -2.25. The van der Waals surface area contributed by atoms with Crippen molar-refractivity contribution in [3.8, 4) is 0 Å². The summed E-state index contributed by atoms with van der Waals surface area (Å²) in [6.07, 6.45) is -2.04. The highest BCUT2D eigenvalue weighted by atomic mass is 16.4. The van der Waals surface area contributed by atoms with Crippen molar-refractivity contribution in [3.05, 3.63) is 0 Å². The van der Waals surface area contributed by atoms with Gasteiger partial charge in [0.05, 0.1) is 25.0 Å². The fourth-order valence-corrected chi connectivity index (χ4v) is 2.65. The molecule has 5 atom stereocenters. The zero-order valence-corrected chi connectivity index (χ0v) is 18.2. The van der Waals surface area contributed by atoms with Gasteiger partial charge in [0, 0.05) is 0 Å². The highest BCUT2D eigenvalue weighted by Gasteiger charge is 2.32. The molecule has 0 spiro atoms. The van der Waals surface area contributed by atoms with E-state index >= 15 is 0 Å². The highest BCUT2D eigenvalue weighted by Crippen LogP contribution is 2.05. The average molecular weight is 476 g/mol. The number of aliphatic hydroxyl groups is 1. The zero-order chi connectivity index (χ0) is 25.7. The molecular formula is C18H32N6O9. The zero-order valence-electron chi connectivity index (χ0n) is 18.2. The van der Waals surface area contributed by atoms with Crippen molar-refractivity contribution in [2.75, 3.05) is 6.54 Å². The monoisotopic (exact) mass is 476 g/mol. The van der Waals surface area contributed by atoms with Gasteiger partial charge in [-0.2, -0.15) is 0 Å². The van der Waals surface area contributed by atoms with Gasteiger partial charge in [0.15, 0.2) is 6.04 Å². The normalized spacial score (nSPS) is 15.3. The van der Waals surface area contributed by atoms with Gasteiger partial charge in [0.1, 0.15) is 12.1 Å². The number of nitrogens with one attached hydrogen (secondary N) is 3. The van der Waals surface area contributed by atoms with Gasteiger partial charge in [0.25, 0.3) is 0 Å². The SMILES string of the molecule is CC(O)C(NC(=O)C(CCCCN)NC(=O)C(CC(=O)O)NC(=O)C(N)CC(N)=O)C(=O)O. The van der Waals surface area contributed by atoms with Crippen molar-refractivity contribution >= 4 is 35.6 Å². The maximum Gasteiger partial charge on any atom is 0.328 e. The number of rotatable bonds is 16. The number of hydrogen-bond donors (Lipinski definition) is 9. The van der Waals surface area contributed by atoms with E-state index in [4.69, 9.17) is 27.4 Å². The third-order valence-electron chi connectivity index (χ3n) is 4.40. The summed E-state index contributed by atoms with van der Waals surface area (Å²) >= 11 is 0. The van der Waals surface area contributed by atoms with Crippen molar-refractivity contribution in [2.45, 2.75) is 69.3 Å². The number of nitrogens with two attached hydrogens (primary N) is 3. The Balaban J connectivity index is 5.53. The summed E-state index contributed by atoms with van der Waals surface area (Å²) < 4.78 is 0. The van der Waals surface area contributed by atoms with Crippen molar-refractivity contribution in [1.29, 1.82) is 0 Å². The number of unbranched alkanes of at least 4 members (excludes halogenated alkanes) is 1. The van der Waals surface area contributed by atoms with Gasteiger partial charge in [-0.15, -0.1) is 0 Å². The number of amides is 4. The Hall–Kier alpha value is -3.30. The molecule has 0 saturated carbocycles. The average Bonchev–Trinajstić information content (AvgIpc) is 2.69. The van der Waals surface area contributed by atoms with Crippen LogP contribution in [0.25, 0.3) is 0 Å². The van der Waals surface area contributed by atoms with Crippen LogP contribution < -0.4 is 33.2 Å². The quantitative estimate of drug-likeness (QED) is 0.0960. The van der Waals surface area contributed by atoms with Gasteiger partial charge in [0.2, 0.25) is 23.6 Å². The molecule has 33 heavy (non-hydrogen) atoms. The number of aliphatic carboxylic acids is 2. The molecule has 0 fully saturated rings. The number of primary amides is 1. The molecular weight excluding hydrogens is 444 g/mol. The van der Waals surface area contributed by atoms with Crippen LogP contribution in [0, 0.1) is 0 Å². The van der Waals surface area contributed by atoms with E-state index in [0.717, 1.165) is 6.92 Å². The van der Waals surface area contributed by atoms with Gasteiger partial charge < -0.3 is 48.5 Å². The summed E-state index contributed by atoms with van der Waals surface area (Å²) in [5, 5.41) is 34.2. The molecule has 0 aliphatic heterocycles. The van der Waals surface area contributed by atoms with E-state index in [2.05, 4.69) is 16.0 Å². The number of carbonyl (C=O) groups excluding carboxylic acids is 4. The molecule has 4 amide bonds. The molecule has 0 heterocycles. The Morgan fingerprint density at radius 1 is 0.848 bits per heavy atom. The van der Waals surface area contributed by atoms with Crippen molar-refractivity contribution < 1.29 is 44.1 Å². The van der Waals surface area contributed by atoms with Crippen molar-refractivity contribution in [2.24, 2.45) is 17.2 Å². The fourth-order valence-electron chi connectivity index (χ4n) is 2.65. The van der Waals surface area contributed by atoms with Gasteiger partial charge in [-0.25, -0.2) is 4.79 Å². The molecule has 0 aliphatic carbocycles. The maximum absolute atomic E-state index is 12.7. The first-order valence-corrected chi connectivity index (χ1v) is 10.1. The van der Waals surface area contributed by atoms with Crippen LogP contribution in [0.2, 0.25) is 0 Å². The molecule has 0 aromatic heterocycles. The molecule has 188 valence electrons. The second kappa shape index (κ2) is 14.7. The van der Waals surface area contributed by atoms with Gasteiger partial charge in [-0.05, 0) is 32.7 Å². The van der Waals surface area contributed by atoms with Crippen LogP contribution >= 0.6 is 0 Å². The third kappa shape index (κ3) is 11.8. The maximum atomic E-state index is 12.7. The molecule has 0 aromatic rings. The van der Waals surface area contributed by atoms with Gasteiger partial charge >= 0.3 is 11.9 Å². The smallest absolute Gasteiger partial charge is 0.328 e. The van der Waals surface area contributed by atoms with E-state index in [-0.39, 0.29) is 13.0 Å². The van der Waals surface area contributed by atoms with Crippen LogP contribution in [0.1, 0.15) is 39.0 Å². The van der Waals surface area contributed by atoms with E-state index in [1.54, 1.807) is 0 Å². The minimum Gasteiger partial charge on any atom is -0.481 e. The Labute approximate surface area is 189 Å². The summed E-state index contributed by atoms with van der Waals surface area (Å²) in [6, 6.07) is -6.08. The first kappa shape index (κ1) is 29.7. The summed E-state index contributed by atoms with van der Waals surface area (Å²) in [7, 11) is 0. The number of hydrogen-bond acceptors (Lipinski definition) is 9. The molecule has 15 heteroatoms. The van der Waals surface area contributed by atoms with Crippen LogP contribution in [0.5, 0.6) is 0 Å². The molecule has 12 N–H and O–H groups in total. The first-order valence-electron chi connectivity index (χ1n) is 10.1. The van der Waals surface area contributed by atoms with Crippen LogP contribution in [0.4, 0.5) is 0 Å². The minimum atomic E-state index is -1.66. The molecule has 5 unspecified atom stereocenters. The third-order valence-corrected chi connectivity index (χ3v) is 4.40. The molecule has 0 aliphatic rings. The van der Waals surface area contributed by atoms with Gasteiger partial charge in [-0.1, -0.05) is 0 Å². The molecule has 0 saturated heterocycles. The van der Waals surface area contributed by atoms with E-state index in [1.165, 1.54) is 0 Å². The molecule has 15 nitrogen and oxygen atoms in total. The summed E-state index contributed by atoms with van der Waals surface area (Å²) in [5.41, 5.74) is 15.9. The Morgan fingerprint density at radius 3 is 1.85 bits per heavy atom. The lowest BCUT2D eigenvalue weighted by Crippen LogP contribution is -2.58. The number of carboxylic acid groups (broad SMARTS) is 2.